The van der Waals surface area contributed by atoms with Crippen LogP contribution in [0, 0.1) is 0 Å². The van der Waals surface area contributed by atoms with Gasteiger partial charge in [-0.1, -0.05) is 12.1 Å². The second-order valence-corrected chi connectivity index (χ2v) is 4.40. The summed E-state index contributed by atoms with van der Waals surface area (Å²) in [5.74, 6) is -0.208. The summed E-state index contributed by atoms with van der Waals surface area (Å²) in [6, 6.07) is 10.3. The molecule has 0 spiro atoms. The van der Waals surface area contributed by atoms with Crippen molar-refractivity contribution in [2.24, 2.45) is 7.05 Å². The molecule has 0 atom stereocenters. The maximum atomic E-state index is 12.3. The fourth-order valence-corrected chi connectivity index (χ4v) is 1.89. The smallest absolute Gasteiger partial charge is 0.257 e. The summed E-state index contributed by atoms with van der Waals surface area (Å²) in [5, 5.41) is 5.93. The molecule has 0 fully saturated rings. The number of benzene rings is 1. The Morgan fingerprint density at radius 3 is 2.65 bits per heavy atom. The molecule has 0 unspecified atom stereocenters. The number of anilines is 2. The summed E-state index contributed by atoms with van der Waals surface area (Å²) in [4.78, 5) is 23.6. The number of nitrogens with zero attached hydrogens (tertiary/aromatic N) is 1. The number of para-hydroxylation sites is 1. The number of nitrogens with one attached hydrogen (secondary N) is 2. The first-order chi connectivity index (χ1) is 9.61. The highest BCUT2D eigenvalue weighted by molar-refractivity contribution is 6.07. The molecule has 1 aromatic carbocycles. The lowest BCUT2D eigenvalue weighted by atomic mass is 10.1. The normalized spacial score (nSPS) is 10.1. The lowest BCUT2D eigenvalue weighted by Gasteiger charge is -2.11. The number of rotatable bonds is 4. The lowest BCUT2D eigenvalue weighted by molar-refractivity contribution is 0.102. The molecule has 5 heteroatoms. The number of aryl methyl sites for hydroxylation is 1. The third kappa shape index (κ3) is 3.06. The molecule has 0 saturated heterocycles. The molecular formula is C15H17N3O2. The van der Waals surface area contributed by atoms with Crippen molar-refractivity contribution >= 4 is 17.3 Å². The van der Waals surface area contributed by atoms with Crippen LogP contribution in [0.3, 0.4) is 0 Å². The first kappa shape index (κ1) is 13.9. The van der Waals surface area contributed by atoms with E-state index in [9.17, 15) is 9.59 Å². The molecule has 0 aliphatic heterocycles. The van der Waals surface area contributed by atoms with Gasteiger partial charge in [0, 0.05) is 31.5 Å². The Morgan fingerprint density at radius 1 is 1.20 bits per heavy atom. The highest BCUT2D eigenvalue weighted by Gasteiger charge is 2.10. The van der Waals surface area contributed by atoms with Crippen LogP contribution in [0.15, 0.2) is 47.4 Å². The minimum Gasteiger partial charge on any atom is -0.385 e. The van der Waals surface area contributed by atoms with Crippen LogP contribution in [0.4, 0.5) is 11.4 Å². The Balaban J connectivity index is 2.23. The number of hydrogen-bond donors (Lipinski definition) is 2. The van der Waals surface area contributed by atoms with E-state index in [0.29, 0.717) is 11.3 Å². The van der Waals surface area contributed by atoms with E-state index in [1.807, 2.05) is 25.1 Å². The largest absolute Gasteiger partial charge is 0.385 e. The van der Waals surface area contributed by atoms with Gasteiger partial charge in [-0.2, -0.15) is 0 Å². The van der Waals surface area contributed by atoms with Gasteiger partial charge in [-0.05, 0) is 25.1 Å². The van der Waals surface area contributed by atoms with E-state index in [0.717, 1.165) is 12.2 Å². The Hall–Kier alpha value is -2.56. The van der Waals surface area contributed by atoms with E-state index in [-0.39, 0.29) is 11.5 Å². The molecule has 0 radical (unpaired) electrons. The minimum atomic E-state index is -0.208. The monoisotopic (exact) mass is 271 g/mol. The van der Waals surface area contributed by atoms with E-state index < -0.39 is 0 Å². The summed E-state index contributed by atoms with van der Waals surface area (Å²) >= 11 is 0. The molecular weight excluding hydrogens is 254 g/mol. The van der Waals surface area contributed by atoms with Crippen LogP contribution in [-0.4, -0.2) is 17.0 Å². The molecule has 0 bridgehead atoms. The number of amides is 1. The quantitative estimate of drug-likeness (QED) is 0.894. The number of hydrogen-bond acceptors (Lipinski definition) is 3. The van der Waals surface area contributed by atoms with Crippen LogP contribution in [0.2, 0.25) is 0 Å². The van der Waals surface area contributed by atoms with Crippen LogP contribution in [0.5, 0.6) is 0 Å². The van der Waals surface area contributed by atoms with E-state index >= 15 is 0 Å². The number of carbonyl (C=O) groups excluding carboxylic acids is 1. The fourth-order valence-electron chi connectivity index (χ4n) is 1.89. The second kappa shape index (κ2) is 6.06. The molecule has 0 aliphatic rings. The van der Waals surface area contributed by atoms with Crippen LogP contribution >= 0.6 is 0 Å². The van der Waals surface area contributed by atoms with Crippen LogP contribution in [0.25, 0.3) is 0 Å². The summed E-state index contributed by atoms with van der Waals surface area (Å²) in [7, 11) is 1.64. The van der Waals surface area contributed by atoms with Crippen molar-refractivity contribution in [1.82, 2.24) is 4.57 Å². The zero-order valence-electron chi connectivity index (χ0n) is 11.5. The molecule has 0 aliphatic carbocycles. The highest BCUT2D eigenvalue weighted by atomic mass is 16.1. The van der Waals surface area contributed by atoms with Gasteiger partial charge in [0.15, 0.2) is 0 Å². The molecule has 2 rings (SSSR count). The van der Waals surface area contributed by atoms with E-state index in [4.69, 9.17) is 0 Å². The van der Waals surface area contributed by atoms with E-state index in [1.54, 1.807) is 25.4 Å². The first-order valence-electron chi connectivity index (χ1n) is 6.42. The fraction of sp³-hybridized carbons (Fsp3) is 0.200. The molecule has 5 nitrogen and oxygen atoms in total. The minimum absolute atomic E-state index is 0.115. The lowest BCUT2D eigenvalue weighted by Crippen LogP contribution is -2.18. The Bertz CT molecular complexity index is 677. The third-order valence-corrected chi connectivity index (χ3v) is 2.88. The molecule has 2 aromatic rings. The summed E-state index contributed by atoms with van der Waals surface area (Å²) in [5.41, 5.74) is 1.83. The van der Waals surface area contributed by atoms with Crippen LogP contribution in [0.1, 0.15) is 17.3 Å². The van der Waals surface area contributed by atoms with Crippen molar-refractivity contribution in [1.29, 1.82) is 0 Å². The van der Waals surface area contributed by atoms with Crippen molar-refractivity contribution < 1.29 is 4.79 Å². The predicted molar refractivity (Wildman–Crippen MR) is 80.2 cm³/mol. The maximum Gasteiger partial charge on any atom is 0.257 e. The van der Waals surface area contributed by atoms with Crippen molar-refractivity contribution in [3.63, 3.8) is 0 Å². The first-order valence-corrected chi connectivity index (χ1v) is 6.42. The number of carbonyl (C=O) groups is 1. The molecule has 1 amide bonds. The van der Waals surface area contributed by atoms with Gasteiger partial charge in [-0.3, -0.25) is 9.59 Å². The second-order valence-electron chi connectivity index (χ2n) is 4.40. The predicted octanol–water partition coefficient (Wildman–Crippen LogP) is 2.07. The van der Waals surface area contributed by atoms with Crippen LogP contribution < -0.4 is 16.2 Å². The van der Waals surface area contributed by atoms with Gasteiger partial charge in [0.2, 0.25) is 5.56 Å². The molecule has 20 heavy (non-hydrogen) atoms. The maximum absolute atomic E-state index is 12.3. The summed E-state index contributed by atoms with van der Waals surface area (Å²) in [6.45, 7) is 2.71. The Labute approximate surface area is 117 Å². The molecule has 1 aromatic heterocycles. The molecule has 104 valence electrons. The SMILES string of the molecule is CCNc1ccccc1C(=O)Nc1ccc(=O)n(C)c1. The summed E-state index contributed by atoms with van der Waals surface area (Å²) < 4.78 is 1.42. The van der Waals surface area contributed by atoms with Crippen molar-refractivity contribution in [3.8, 4) is 0 Å². The average Bonchev–Trinajstić information content (AvgIpc) is 2.44. The van der Waals surface area contributed by atoms with Gasteiger partial charge in [-0.15, -0.1) is 0 Å². The zero-order valence-corrected chi connectivity index (χ0v) is 11.5. The van der Waals surface area contributed by atoms with Crippen molar-refractivity contribution in [3.05, 3.63) is 58.5 Å². The highest BCUT2D eigenvalue weighted by Crippen LogP contribution is 2.16. The van der Waals surface area contributed by atoms with Crippen molar-refractivity contribution in [2.45, 2.75) is 6.92 Å². The van der Waals surface area contributed by atoms with E-state index in [1.165, 1.54) is 10.6 Å². The molecule has 2 N–H and O–H groups in total. The van der Waals surface area contributed by atoms with Crippen LogP contribution in [-0.2, 0) is 7.05 Å². The van der Waals surface area contributed by atoms with E-state index in [2.05, 4.69) is 10.6 Å². The summed E-state index contributed by atoms with van der Waals surface area (Å²) in [6.07, 6.45) is 1.59. The standard InChI is InChI=1S/C15H17N3O2/c1-3-16-13-7-5-4-6-12(13)15(20)17-11-8-9-14(19)18(2)10-11/h4-10,16H,3H2,1-2H3,(H,17,20). The molecule has 1 heterocycles. The van der Waals surface area contributed by atoms with Crippen molar-refractivity contribution in [2.75, 3.05) is 17.2 Å². The zero-order chi connectivity index (χ0) is 14.5. The van der Waals surface area contributed by atoms with Gasteiger partial charge in [0.05, 0.1) is 11.3 Å². The Kier molecular flexibility index (Phi) is 4.20. The van der Waals surface area contributed by atoms with Gasteiger partial charge >= 0.3 is 0 Å². The number of pyridine rings is 1. The topological polar surface area (TPSA) is 63.1 Å². The van der Waals surface area contributed by atoms with Gasteiger partial charge in [-0.25, -0.2) is 0 Å². The molecule has 0 saturated carbocycles. The van der Waals surface area contributed by atoms with Gasteiger partial charge in [0.25, 0.3) is 5.91 Å². The Morgan fingerprint density at radius 2 is 1.95 bits per heavy atom. The third-order valence-electron chi connectivity index (χ3n) is 2.88. The number of aromatic nitrogens is 1. The van der Waals surface area contributed by atoms with Gasteiger partial charge in [0.1, 0.15) is 0 Å². The average molecular weight is 271 g/mol. The van der Waals surface area contributed by atoms with Gasteiger partial charge < -0.3 is 15.2 Å².